The lowest BCUT2D eigenvalue weighted by Gasteiger charge is -2.17. The Morgan fingerprint density at radius 2 is 1.86 bits per heavy atom. The van der Waals surface area contributed by atoms with Gasteiger partial charge in [0.1, 0.15) is 11.1 Å². The van der Waals surface area contributed by atoms with Crippen LogP contribution in [0.25, 0.3) is 5.69 Å². The highest BCUT2D eigenvalue weighted by molar-refractivity contribution is 8.14. The zero-order valence-electron chi connectivity index (χ0n) is 11.8. The van der Waals surface area contributed by atoms with E-state index in [0.29, 0.717) is 5.69 Å². The highest BCUT2D eigenvalue weighted by atomic mass is 35.7. The second-order valence-electron chi connectivity index (χ2n) is 5.17. The summed E-state index contributed by atoms with van der Waals surface area (Å²) in [7, 11) is 1.62. The van der Waals surface area contributed by atoms with Crippen LogP contribution in [0.3, 0.4) is 0 Å². The molecule has 1 saturated heterocycles. The van der Waals surface area contributed by atoms with Gasteiger partial charge in [0.25, 0.3) is 0 Å². The zero-order valence-corrected chi connectivity index (χ0v) is 13.4. The molecule has 6 nitrogen and oxygen atoms in total. The quantitative estimate of drug-likeness (QED) is 0.800. The fraction of sp³-hybridized carbons (Fsp3) is 0.286. The first-order valence-corrected chi connectivity index (χ1v) is 9.08. The third kappa shape index (κ3) is 2.74. The van der Waals surface area contributed by atoms with Crippen molar-refractivity contribution in [2.24, 2.45) is 0 Å². The lowest BCUT2D eigenvalue weighted by atomic mass is 10.2. The van der Waals surface area contributed by atoms with Crippen LogP contribution in [0.2, 0.25) is 0 Å². The zero-order chi connectivity index (χ0) is 15.9. The molecule has 1 aromatic carbocycles. The van der Waals surface area contributed by atoms with Crippen LogP contribution >= 0.6 is 10.7 Å². The lowest BCUT2D eigenvalue weighted by Crippen LogP contribution is -2.26. The van der Waals surface area contributed by atoms with Gasteiger partial charge in [0, 0.05) is 47.4 Å². The van der Waals surface area contributed by atoms with Gasteiger partial charge in [0.15, 0.2) is 0 Å². The smallest absolute Gasteiger partial charge is 0.237 e. The third-order valence-corrected chi connectivity index (χ3v) is 5.62. The number of imidazole rings is 1. The van der Waals surface area contributed by atoms with Gasteiger partial charge < -0.3 is 9.47 Å². The van der Waals surface area contributed by atoms with Gasteiger partial charge in [0.05, 0.1) is 0 Å². The Labute approximate surface area is 132 Å². The number of nitrogens with zero attached hydrogens (tertiary/aromatic N) is 3. The SMILES string of the molecule is Cc1nccn1-c1ccc(N2CC(S(=O)(=O)Cl)CC2=O)cc1. The summed E-state index contributed by atoms with van der Waals surface area (Å²) in [5.74, 6) is 0.624. The third-order valence-electron chi connectivity index (χ3n) is 3.75. The number of hydrogen-bond acceptors (Lipinski definition) is 4. The molecule has 1 fully saturated rings. The van der Waals surface area contributed by atoms with Gasteiger partial charge in [0.2, 0.25) is 15.0 Å². The summed E-state index contributed by atoms with van der Waals surface area (Å²) in [5, 5.41) is -0.850. The molecule has 22 heavy (non-hydrogen) atoms. The number of rotatable bonds is 3. The van der Waals surface area contributed by atoms with Crippen molar-refractivity contribution in [2.75, 3.05) is 11.4 Å². The second kappa shape index (κ2) is 5.40. The fourth-order valence-electron chi connectivity index (χ4n) is 2.56. The van der Waals surface area contributed by atoms with Gasteiger partial charge in [-0.1, -0.05) is 0 Å². The molecule has 2 aromatic rings. The average Bonchev–Trinajstić information content (AvgIpc) is 3.05. The first-order valence-electron chi connectivity index (χ1n) is 6.70. The summed E-state index contributed by atoms with van der Waals surface area (Å²) in [5.41, 5.74) is 1.58. The Hall–Kier alpha value is -1.86. The Bertz CT molecular complexity index is 814. The molecule has 0 N–H and O–H groups in total. The Morgan fingerprint density at radius 1 is 1.23 bits per heavy atom. The first kappa shape index (κ1) is 15.1. The summed E-state index contributed by atoms with van der Waals surface area (Å²) >= 11 is 0. The first-order chi connectivity index (χ1) is 10.4. The topological polar surface area (TPSA) is 72.3 Å². The van der Waals surface area contributed by atoms with Crippen LogP contribution in [0.15, 0.2) is 36.7 Å². The number of amides is 1. The molecule has 1 aliphatic heterocycles. The molecule has 0 bridgehead atoms. The van der Waals surface area contributed by atoms with E-state index in [4.69, 9.17) is 10.7 Å². The summed E-state index contributed by atoms with van der Waals surface area (Å²) in [6.45, 7) is 1.99. The van der Waals surface area contributed by atoms with Crippen LogP contribution in [0.4, 0.5) is 5.69 Å². The molecule has 0 radical (unpaired) electrons. The molecule has 0 aliphatic carbocycles. The maximum absolute atomic E-state index is 12.0. The molecular weight excluding hydrogens is 326 g/mol. The van der Waals surface area contributed by atoms with Crippen LogP contribution < -0.4 is 4.90 Å². The number of aryl methyl sites for hydroxylation is 1. The average molecular weight is 340 g/mol. The lowest BCUT2D eigenvalue weighted by molar-refractivity contribution is -0.117. The summed E-state index contributed by atoms with van der Waals surface area (Å²) in [6.07, 6.45) is 3.48. The van der Waals surface area contributed by atoms with E-state index in [-0.39, 0.29) is 18.9 Å². The largest absolute Gasteiger partial charge is 0.311 e. The van der Waals surface area contributed by atoms with Gasteiger partial charge in [-0.2, -0.15) is 0 Å². The van der Waals surface area contributed by atoms with Crippen molar-refractivity contribution < 1.29 is 13.2 Å². The molecule has 1 aromatic heterocycles. The van der Waals surface area contributed by atoms with Gasteiger partial charge >= 0.3 is 0 Å². The monoisotopic (exact) mass is 339 g/mol. The van der Waals surface area contributed by atoms with Gasteiger partial charge in [-0.15, -0.1) is 0 Å². The number of halogens is 1. The van der Waals surface area contributed by atoms with Crippen molar-refractivity contribution in [3.63, 3.8) is 0 Å². The molecule has 1 amide bonds. The summed E-state index contributed by atoms with van der Waals surface area (Å²) in [6, 6.07) is 7.30. The van der Waals surface area contributed by atoms with E-state index >= 15 is 0 Å². The highest BCUT2D eigenvalue weighted by Gasteiger charge is 2.37. The van der Waals surface area contributed by atoms with Crippen LogP contribution in [-0.2, 0) is 13.8 Å². The molecule has 8 heteroatoms. The van der Waals surface area contributed by atoms with E-state index in [2.05, 4.69) is 4.98 Å². The highest BCUT2D eigenvalue weighted by Crippen LogP contribution is 2.27. The van der Waals surface area contributed by atoms with Crippen LogP contribution in [0.5, 0.6) is 0 Å². The molecule has 1 unspecified atom stereocenters. The number of benzene rings is 1. The molecule has 1 aliphatic rings. The van der Waals surface area contributed by atoms with Crippen molar-refractivity contribution in [1.82, 2.24) is 9.55 Å². The van der Waals surface area contributed by atoms with Crippen LogP contribution in [0.1, 0.15) is 12.2 Å². The minimum atomic E-state index is -3.73. The van der Waals surface area contributed by atoms with Crippen molar-refractivity contribution in [3.05, 3.63) is 42.5 Å². The standard InChI is InChI=1S/C14H14ClN3O3S/c1-10-16-6-7-17(10)11-2-4-12(5-3-11)18-9-13(8-14(18)19)22(15,20)21/h2-7,13H,8-9H2,1H3. The number of hydrogen-bond donors (Lipinski definition) is 0. The Morgan fingerprint density at radius 3 is 2.36 bits per heavy atom. The molecular formula is C14H14ClN3O3S. The van der Waals surface area contributed by atoms with Crippen molar-refractivity contribution >= 4 is 31.3 Å². The van der Waals surface area contributed by atoms with Crippen molar-refractivity contribution in [3.8, 4) is 5.69 Å². The molecule has 2 heterocycles. The maximum atomic E-state index is 12.0. The second-order valence-corrected chi connectivity index (χ2v) is 8.08. The molecule has 1 atom stereocenters. The van der Waals surface area contributed by atoms with E-state index in [1.807, 2.05) is 29.8 Å². The van der Waals surface area contributed by atoms with E-state index in [0.717, 1.165) is 11.5 Å². The van der Waals surface area contributed by atoms with Gasteiger partial charge in [-0.25, -0.2) is 13.4 Å². The van der Waals surface area contributed by atoms with Crippen molar-refractivity contribution in [1.29, 1.82) is 0 Å². The number of aromatic nitrogens is 2. The Kier molecular flexibility index (Phi) is 3.70. The van der Waals surface area contributed by atoms with E-state index in [1.165, 1.54) is 4.90 Å². The predicted octanol–water partition coefficient (Wildman–Crippen LogP) is 1.85. The van der Waals surface area contributed by atoms with Crippen LogP contribution in [-0.4, -0.2) is 35.7 Å². The molecule has 0 saturated carbocycles. The van der Waals surface area contributed by atoms with Crippen LogP contribution in [0, 0.1) is 6.92 Å². The molecule has 0 spiro atoms. The predicted molar refractivity (Wildman–Crippen MR) is 83.8 cm³/mol. The number of carbonyl (C=O) groups is 1. The minimum absolute atomic E-state index is 0.0752. The molecule has 116 valence electrons. The summed E-state index contributed by atoms with van der Waals surface area (Å²) < 4.78 is 24.7. The fourth-order valence-corrected chi connectivity index (χ4v) is 3.58. The van der Waals surface area contributed by atoms with E-state index in [9.17, 15) is 13.2 Å². The van der Waals surface area contributed by atoms with E-state index in [1.54, 1.807) is 18.3 Å². The molecule has 3 rings (SSSR count). The van der Waals surface area contributed by atoms with Gasteiger partial charge in [-0.05, 0) is 31.2 Å². The van der Waals surface area contributed by atoms with E-state index < -0.39 is 14.3 Å². The number of carbonyl (C=O) groups excluding carboxylic acids is 1. The van der Waals surface area contributed by atoms with Crippen molar-refractivity contribution in [2.45, 2.75) is 18.6 Å². The summed E-state index contributed by atoms with van der Waals surface area (Å²) in [4.78, 5) is 17.6. The Balaban J connectivity index is 1.85. The number of anilines is 1. The minimum Gasteiger partial charge on any atom is -0.311 e. The van der Waals surface area contributed by atoms with Gasteiger partial charge in [-0.3, -0.25) is 4.79 Å². The maximum Gasteiger partial charge on any atom is 0.237 e. The normalized spacial score (nSPS) is 18.9.